The van der Waals surface area contributed by atoms with Gasteiger partial charge in [0.05, 0.1) is 12.8 Å². The van der Waals surface area contributed by atoms with E-state index in [1.165, 1.54) is 6.07 Å². The molecular weight excluding hydrogens is 253 g/mol. The van der Waals surface area contributed by atoms with E-state index in [4.69, 9.17) is 16.0 Å². The van der Waals surface area contributed by atoms with E-state index in [1.54, 1.807) is 24.5 Å². The van der Waals surface area contributed by atoms with Crippen LogP contribution < -0.4 is 5.32 Å². The Bertz CT molecular complexity index is 536. The second-order valence-electron chi connectivity index (χ2n) is 4.42. The molecule has 1 aromatic heterocycles. The summed E-state index contributed by atoms with van der Waals surface area (Å²) in [5, 5.41) is 3.64. The van der Waals surface area contributed by atoms with Crippen molar-refractivity contribution in [3.63, 3.8) is 0 Å². The number of hydrogen-bond acceptors (Lipinski definition) is 2. The number of furan rings is 1. The molecule has 1 aromatic carbocycles. The largest absolute Gasteiger partial charge is 0.467 e. The molecule has 0 radical (unpaired) electrons. The summed E-state index contributed by atoms with van der Waals surface area (Å²) < 4.78 is 19.2. The van der Waals surface area contributed by atoms with Crippen molar-refractivity contribution in [1.29, 1.82) is 0 Å². The first kappa shape index (κ1) is 13.1. The summed E-state index contributed by atoms with van der Waals surface area (Å²) in [4.78, 5) is 0. The molecule has 4 heteroatoms. The first-order valence-electron chi connectivity index (χ1n) is 5.83. The van der Waals surface area contributed by atoms with Crippen LogP contribution in [-0.4, -0.2) is 6.04 Å². The van der Waals surface area contributed by atoms with Gasteiger partial charge < -0.3 is 9.73 Å². The smallest absolute Gasteiger partial charge is 0.132 e. The monoisotopic (exact) mass is 267 g/mol. The van der Waals surface area contributed by atoms with Crippen molar-refractivity contribution in [2.24, 2.45) is 0 Å². The maximum Gasteiger partial charge on any atom is 0.132 e. The van der Waals surface area contributed by atoms with Crippen LogP contribution in [0.3, 0.4) is 0 Å². The fraction of sp³-hybridized carbons (Fsp3) is 0.286. The predicted octanol–water partition coefficient (Wildman–Crippen LogP) is 4.24. The van der Waals surface area contributed by atoms with Crippen LogP contribution >= 0.6 is 11.6 Å². The van der Waals surface area contributed by atoms with Gasteiger partial charge >= 0.3 is 0 Å². The molecule has 96 valence electrons. The minimum atomic E-state index is -0.338. The molecule has 0 bridgehead atoms. The molecule has 2 aromatic rings. The highest BCUT2D eigenvalue weighted by Gasteiger charge is 2.13. The molecule has 0 fully saturated rings. The van der Waals surface area contributed by atoms with Crippen LogP contribution in [0, 0.1) is 5.82 Å². The lowest BCUT2D eigenvalue weighted by Crippen LogP contribution is -2.21. The van der Waals surface area contributed by atoms with Gasteiger partial charge in [-0.15, -0.1) is 0 Å². The highest BCUT2D eigenvalue weighted by Crippen LogP contribution is 2.29. The molecular formula is C14H15ClFNO. The first-order chi connectivity index (χ1) is 8.58. The van der Waals surface area contributed by atoms with Crippen molar-refractivity contribution < 1.29 is 8.81 Å². The average Bonchev–Trinajstić information content (AvgIpc) is 2.74. The van der Waals surface area contributed by atoms with Crippen LogP contribution in [0.15, 0.2) is 34.9 Å². The van der Waals surface area contributed by atoms with E-state index in [0.29, 0.717) is 23.2 Å². The Kier molecular flexibility index (Phi) is 4.04. The quantitative estimate of drug-likeness (QED) is 0.896. The standard InChI is InChI=1S/C14H15ClFNO/c1-9(2)17-8-14-12(5-6-18-14)11-4-3-10(15)7-13(11)16/h3-7,9,17H,8H2,1-2H3. The van der Waals surface area contributed by atoms with Crippen molar-refractivity contribution in [2.45, 2.75) is 26.4 Å². The Hall–Kier alpha value is -1.32. The molecule has 0 aliphatic rings. The van der Waals surface area contributed by atoms with E-state index >= 15 is 0 Å². The summed E-state index contributed by atoms with van der Waals surface area (Å²) in [6.07, 6.45) is 1.57. The maximum atomic E-state index is 13.8. The van der Waals surface area contributed by atoms with Crippen LogP contribution in [0.2, 0.25) is 5.02 Å². The number of rotatable bonds is 4. The SMILES string of the molecule is CC(C)NCc1occc1-c1ccc(Cl)cc1F. The number of nitrogens with one attached hydrogen (secondary N) is 1. The van der Waals surface area contributed by atoms with Crippen LogP contribution in [0.5, 0.6) is 0 Å². The number of hydrogen-bond donors (Lipinski definition) is 1. The zero-order valence-electron chi connectivity index (χ0n) is 10.3. The molecule has 0 atom stereocenters. The summed E-state index contributed by atoms with van der Waals surface area (Å²) in [5.74, 6) is 0.389. The number of benzene rings is 1. The highest BCUT2D eigenvalue weighted by molar-refractivity contribution is 6.30. The van der Waals surface area contributed by atoms with Crippen LogP contribution in [-0.2, 0) is 6.54 Å². The average molecular weight is 268 g/mol. The van der Waals surface area contributed by atoms with Crippen LogP contribution in [0.25, 0.3) is 11.1 Å². The van der Waals surface area contributed by atoms with Crippen molar-refractivity contribution in [3.05, 3.63) is 47.1 Å². The molecule has 0 spiro atoms. The van der Waals surface area contributed by atoms with Crippen molar-refractivity contribution in [1.82, 2.24) is 5.32 Å². The molecule has 1 heterocycles. The fourth-order valence-electron chi connectivity index (χ4n) is 1.72. The minimum absolute atomic E-state index is 0.338. The second kappa shape index (κ2) is 5.55. The lowest BCUT2D eigenvalue weighted by Gasteiger charge is -2.08. The molecule has 0 saturated carbocycles. The summed E-state index contributed by atoms with van der Waals surface area (Å²) in [6.45, 7) is 4.67. The van der Waals surface area contributed by atoms with Gasteiger partial charge in [0.1, 0.15) is 11.6 Å². The normalized spacial score (nSPS) is 11.2. The van der Waals surface area contributed by atoms with E-state index in [9.17, 15) is 4.39 Å². The summed E-state index contributed by atoms with van der Waals surface area (Å²) in [7, 11) is 0. The fourth-order valence-corrected chi connectivity index (χ4v) is 1.88. The van der Waals surface area contributed by atoms with Crippen molar-refractivity contribution in [3.8, 4) is 11.1 Å². The maximum absolute atomic E-state index is 13.8. The molecule has 0 amide bonds. The third kappa shape index (κ3) is 2.92. The van der Waals surface area contributed by atoms with E-state index in [1.807, 2.05) is 13.8 Å². The topological polar surface area (TPSA) is 25.2 Å². The van der Waals surface area contributed by atoms with Gasteiger partial charge in [0, 0.05) is 22.2 Å². The molecule has 0 aliphatic heterocycles. The Morgan fingerprint density at radius 1 is 1.28 bits per heavy atom. The summed E-state index contributed by atoms with van der Waals surface area (Å²) >= 11 is 5.75. The molecule has 18 heavy (non-hydrogen) atoms. The summed E-state index contributed by atoms with van der Waals surface area (Å²) in [6, 6.07) is 6.76. The van der Waals surface area contributed by atoms with Gasteiger partial charge in [-0.05, 0) is 24.3 Å². The Labute approximate surface area is 111 Å². The van der Waals surface area contributed by atoms with E-state index in [-0.39, 0.29) is 5.82 Å². The minimum Gasteiger partial charge on any atom is -0.467 e. The van der Waals surface area contributed by atoms with Gasteiger partial charge in [0.2, 0.25) is 0 Å². The molecule has 2 rings (SSSR count). The Balaban J connectivity index is 2.30. The molecule has 0 saturated heterocycles. The zero-order chi connectivity index (χ0) is 13.1. The predicted molar refractivity (Wildman–Crippen MR) is 71.1 cm³/mol. The van der Waals surface area contributed by atoms with Crippen LogP contribution in [0.1, 0.15) is 19.6 Å². The van der Waals surface area contributed by atoms with Gasteiger partial charge in [-0.25, -0.2) is 4.39 Å². The van der Waals surface area contributed by atoms with Crippen LogP contribution in [0.4, 0.5) is 4.39 Å². The van der Waals surface area contributed by atoms with E-state index in [0.717, 1.165) is 11.3 Å². The third-order valence-electron chi connectivity index (χ3n) is 2.64. The van der Waals surface area contributed by atoms with Gasteiger partial charge in [-0.2, -0.15) is 0 Å². The molecule has 0 aliphatic carbocycles. The van der Waals surface area contributed by atoms with Crippen molar-refractivity contribution in [2.75, 3.05) is 0 Å². The van der Waals surface area contributed by atoms with E-state index in [2.05, 4.69) is 5.32 Å². The summed E-state index contributed by atoms with van der Waals surface area (Å²) in [5.41, 5.74) is 1.27. The molecule has 1 N–H and O–H groups in total. The Morgan fingerprint density at radius 2 is 2.06 bits per heavy atom. The first-order valence-corrected chi connectivity index (χ1v) is 6.21. The van der Waals surface area contributed by atoms with Gasteiger partial charge in [0.15, 0.2) is 0 Å². The van der Waals surface area contributed by atoms with Gasteiger partial charge in [-0.1, -0.05) is 25.4 Å². The molecule has 0 unspecified atom stereocenters. The lowest BCUT2D eigenvalue weighted by atomic mass is 10.1. The molecule has 2 nitrogen and oxygen atoms in total. The second-order valence-corrected chi connectivity index (χ2v) is 4.85. The van der Waals surface area contributed by atoms with Gasteiger partial charge in [-0.3, -0.25) is 0 Å². The van der Waals surface area contributed by atoms with E-state index < -0.39 is 0 Å². The Morgan fingerprint density at radius 3 is 2.72 bits per heavy atom. The zero-order valence-corrected chi connectivity index (χ0v) is 11.1. The van der Waals surface area contributed by atoms with Crippen molar-refractivity contribution >= 4 is 11.6 Å². The lowest BCUT2D eigenvalue weighted by molar-refractivity contribution is 0.466. The third-order valence-corrected chi connectivity index (χ3v) is 2.87. The number of halogens is 2. The van der Waals surface area contributed by atoms with Gasteiger partial charge in [0.25, 0.3) is 0 Å². The highest BCUT2D eigenvalue weighted by atomic mass is 35.5.